The highest BCUT2D eigenvalue weighted by Crippen LogP contribution is 2.01. The molecule has 0 bridgehead atoms. The predicted molar refractivity (Wildman–Crippen MR) is 35.8 cm³/mol. The van der Waals surface area contributed by atoms with Crippen molar-refractivity contribution in [3.63, 3.8) is 0 Å². The van der Waals surface area contributed by atoms with Gasteiger partial charge in [0.15, 0.2) is 0 Å². The molecule has 8 heavy (non-hydrogen) atoms. The first-order chi connectivity index (χ1) is 3.93. The third-order valence-corrected chi connectivity index (χ3v) is 1.52. The lowest BCUT2D eigenvalue weighted by Crippen LogP contribution is -1.78. The van der Waals surface area contributed by atoms with Crippen LogP contribution in [0.25, 0.3) is 0 Å². The summed E-state index contributed by atoms with van der Waals surface area (Å²) in [6.45, 7) is 3.73. The van der Waals surface area contributed by atoms with Gasteiger partial charge in [0.05, 0.1) is 5.69 Å². The second kappa shape index (κ2) is 2.82. The van der Waals surface area contributed by atoms with Gasteiger partial charge in [0.2, 0.25) is 0 Å². The van der Waals surface area contributed by atoms with E-state index < -0.39 is 0 Å². The van der Waals surface area contributed by atoms with Crippen LogP contribution in [0.5, 0.6) is 0 Å². The van der Waals surface area contributed by atoms with E-state index in [-0.39, 0.29) is 0 Å². The molecule has 0 unspecified atom stereocenters. The molecule has 0 atom stereocenters. The number of rotatable bonds is 2. The fraction of sp³-hybridized carbons (Fsp3) is 0.333. The smallest absolute Gasteiger partial charge is 0.0542 e. The van der Waals surface area contributed by atoms with Crippen molar-refractivity contribution in [3.05, 3.63) is 24.1 Å². The van der Waals surface area contributed by atoms with Gasteiger partial charge in [-0.15, -0.1) is 0 Å². The summed E-state index contributed by atoms with van der Waals surface area (Å²) < 4.78 is 4.11. The predicted octanol–water partition coefficient (Wildman–Crippen LogP) is 1.91. The highest BCUT2D eigenvalue weighted by molar-refractivity contribution is 7.03. The normalized spacial score (nSPS) is 9.62. The summed E-state index contributed by atoms with van der Waals surface area (Å²) in [6, 6.07) is 2.04. The summed E-state index contributed by atoms with van der Waals surface area (Å²) in [5.41, 5.74) is 1.17. The van der Waals surface area contributed by atoms with Crippen LogP contribution >= 0.6 is 11.5 Å². The van der Waals surface area contributed by atoms with Crippen molar-refractivity contribution in [1.29, 1.82) is 0 Å². The van der Waals surface area contributed by atoms with Crippen molar-refractivity contribution >= 4 is 11.5 Å². The molecular weight excluding hydrogens is 118 g/mol. The summed E-state index contributed by atoms with van der Waals surface area (Å²) in [4.78, 5) is 0. The van der Waals surface area contributed by atoms with Gasteiger partial charge < -0.3 is 0 Å². The maximum absolute atomic E-state index is 4.11. The SMILES string of the molecule is [CH2]CCc1ccsn1. The van der Waals surface area contributed by atoms with Gasteiger partial charge in [-0.1, -0.05) is 6.92 Å². The molecule has 1 nitrogen and oxygen atoms in total. The van der Waals surface area contributed by atoms with Gasteiger partial charge in [-0.3, -0.25) is 0 Å². The standard InChI is InChI=1S/C6H8NS/c1-2-3-6-4-5-8-7-6/h4-5H,1-3H2. The second-order valence-corrected chi connectivity index (χ2v) is 2.26. The molecule has 0 aliphatic rings. The first-order valence-corrected chi connectivity index (χ1v) is 3.45. The third-order valence-electron chi connectivity index (χ3n) is 0.924. The molecule has 1 rings (SSSR count). The second-order valence-electron chi connectivity index (χ2n) is 1.59. The highest BCUT2D eigenvalue weighted by Gasteiger charge is 1.88. The summed E-state index contributed by atoms with van der Waals surface area (Å²) in [5.74, 6) is 0. The van der Waals surface area contributed by atoms with Gasteiger partial charge in [0.1, 0.15) is 0 Å². The monoisotopic (exact) mass is 126 g/mol. The van der Waals surface area contributed by atoms with Crippen LogP contribution in [0.4, 0.5) is 0 Å². The molecule has 0 saturated carbocycles. The third kappa shape index (κ3) is 1.30. The van der Waals surface area contributed by atoms with E-state index in [4.69, 9.17) is 0 Å². The molecule has 0 saturated heterocycles. The zero-order chi connectivity index (χ0) is 5.82. The first-order valence-electron chi connectivity index (χ1n) is 2.62. The van der Waals surface area contributed by atoms with E-state index in [1.165, 1.54) is 17.2 Å². The van der Waals surface area contributed by atoms with Crippen LogP contribution in [0.1, 0.15) is 12.1 Å². The lowest BCUT2D eigenvalue weighted by atomic mass is 10.3. The number of nitrogens with zero attached hydrogens (tertiary/aromatic N) is 1. The summed E-state index contributed by atoms with van der Waals surface area (Å²) in [7, 11) is 0. The van der Waals surface area contributed by atoms with E-state index in [9.17, 15) is 0 Å². The van der Waals surface area contributed by atoms with Gasteiger partial charge in [-0.25, -0.2) is 0 Å². The van der Waals surface area contributed by atoms with Crippen molar-refractivity contribution in [2.24, 2.45) is 0 Å². The Morgan fingerprint density at radius 1 is 1.75 bits per heavy atom. The van der Waals surface area contributed by atoms with Crippen LogP contribution in [-0.2, 0) is 6.42 Å². The fourth-order valence-electron chi connectivity index (χ4n) is 0.548. The van der Waals surface area contributed by atoms with Crippen molar-refractivity contribution in [2.75, 3.05) is 0 Å². The van der Waals surface area contributed by atoms with E-state index >= 15 is 0 Å². The summed E-state index contributed by atoms with van der Waals surface area (Å²) in [6.07, 6.45) is 1.97. The Balaban J connectivity index is 2.50. The molecule has 0 aliphatic heterocycles. The summed E-state index contributed by atoms with van der Waals surface area (Å²) in [5, 5.41) is 1.99. The maximum Gasteiger partial charge on any atom is 0.0542 e. The molecule has 0 N–H and O–H groups in total. The molecule has 1 heterocycles. The lowest BCUT2D eigenvalue weighted by molar-refractivity contribution is 0.969. The van der Waals surface area contributed by atoms with Crippen LogP contribution in [0.3, 0.4) is 0 Å². The largest absolute Gasteiger partial charge is 0.198 e. The van der Waals surface area contributed by atoms with Crippen molar-refractivity contribution in [2.45, 2.75) is 12.8 Å². The zero-order valence-electron chi connectivity index (χ0n) is 4.63. The molecular formula is C6H8NS. The minimum atomic E-state index is 0.948. The van der Waals surface area contributed by atoms with Crippen LogP contribution < -0.4 is 0 Å². The maximum atomic E-state index is 4.11. The Kier molecular flexibility index (Phi) is 2.03. The topological polar surface area (TPSA) is 12.9 Å². The Morgan fingerprint density at radius 2 is 2.62 bits per heavy atom. The molecule has 2 heteroatoms. The Morgan fingerprint density at radius 3 is 3.12 bits per heavy atom. The average Bonchev–Trinajstić information content (AvgIpc) is 2.19. The van der Waals surface area contributed by atoms with Gasteiger partial charge in [-0.05, 0) is 30.4 Å². The molecule has 1 radical (unpaired) electrons. The Labute approximate surface area is 53.5 Å². The molecule has 0 fully saturated rings. The molecule has 0 spiro atoms. The summed E-state index contributed by atoms with van der Waals surface area (Å²) >= 11 is 1.50. The number of aromatic nitrogens is 1. The number of aryl methyl sites for hydroxylation is 1. The van der Waals surface area contributed by atoms with Crippen molar-refractivity contribution in [1.82, 2.24) is 4.37 Å². The quantitative estimate of drug-likeness (QED) is 0.590. The van der Waals surface area contributed by atoms with Crippen LogP contribution in [0.15, 0.2) is 11.4 Å². The van der Waals surface area contributed by atoms with E-state index in [0.29, 0.717) is 0 Å². The fourth-order valence-corrected chi connectivity index (χ4v) is 1.11. The van der Waals surface area contributed by atoms with Crippen LogP contribution in [-0.4, -0.2) is 4.37 Å². The lowest BCUT2D eigenvalue weighted by Gasteiger charge is -1.84. The Hall–Kier alpha value is -0.370. The average molecular weight is 126 g/mol. The van der Waals surface area contributed by atoms with E-state index in [0.717, 1.165) is 12.8 Å². The Bertz CT molecular complexity index is 134. The van der Waals surface area contributed by atoms with E-state index in [1.807, 2.05) is 11.4 Å². The van der Waals surface area contributed by atoms with Gasteiger partial charge in [-0.2, -0.15) is 4.37 Å². The number of hydrogen-bond donors (Lipinski definition) is 0. The van der Waals surface area contributed by atoms with Crippen LogP contribution in [0.2, 0.25) is 0 Å². The first kappa shape index (κ1) is 5.76. The molecule has 1 aromatic heterocycles. The van der Waals surface area contributed by atoms with E-state index in [1.54, 1.807) is 0 Å². The molecule has 0 aliphatic carbocycles. The van der Waals surface area contributed by atoms with E-state index in [2.05, 4.69) is 11.3 Å². The molecule has 0 amide bonds. The molecule has 43 valence electrons. The van der Waals surface area contributed by atoms with Crippen LogP contribution in [0, 0.1) is 6.92 Å². The van der Waals surface area contributed by atoms with Gasteiger partial charge >= 0.3 is 0 Å². The zero-order valence-corrected chi connectivity index (χ0v) is 5.45. The number of hydrogen-bond acceptors (Lipinski definition) is 2. The van der Waals surface area contributed by atoms with Gasteiger partial charge in [0.25, 0.3) is 0 Å². The molecule has 0 aromatic carbocycles. The minimum Gasteiger partial charge on any atom is -0.198 e. The minimum absolute atomic E-state index is 0.948. The highest BCUT2D eigenvalue weighted by atomic mass is 32.1. The molecule has 1 aromatic rings. The van der Waals surface area contributed by atoms with Gasteiger partial charge in [0, 0.05) is 5.38 Å². The van der Waals surface area contributed by atoms with Crippen molar-refractivity contribution in [3.8, 4) is 0 Å². The van der Waals surface area contributed by atoms with Crippen molar-refractivity contribution < 1.29 is 0 Å².